The van der Waals surface area contributed by atoms with Crippen molar-refractivity contribution in [3.05, 3.63) is 17.8 Å². The van der Waals surface area contributed by atoms with Crippen LogP contribution in [0.1, 0.15) is 31.5 Å². The van der Waals surface area contributed by atoms with Crippen LogP contribution in [0.25, 0.3) is 0 Å². The van der Waals surface area contributed by atoms with E-state index in [4.69, 9.17) is 9.47 Å². The van der Waals surface area contributed by atoms with Gasteiger partial charge in [-0.15, -0.1) is 0 Å². The predicted octanol–water partition coefficient (Wildman–Crippen LogP) is 1.37. The molecular formula is C14H20N2O3. The molecule has 0 spiro atoms. The molecule has 0 unspecified atom stereocenters. The topological polar surface area (TPSA) is 54.8 Å². The van der Waals surface area contributed by atoms with Crippen LogP contribution in [0.15, 0.2) is 12.1 Å². The van der Waals surface area contributed by atoms with E-state index in [0.717, 1.165) is 37.4 Å². The van der Waals surface area contributed by atoms with E-state index < -0.39 is 0 Å². The molecule has 5 nitrogen and oxygen atoms in total. The lowest BCUT2D eigenvalue weighted by molar-refractivity contribution is 0.0632. The molecule has 0 radical (unpaired) electrons. The number of pyridine rings is 1. The quantitative estimate of drug-likeness (QED) is 0.874. The first-order valence-electron chi connectivity index (χ1n) is 6.92. The van der Waals surface area contributed by atoms with E-state index in [9.17, 15) is 5.11 Å². The molecule has 2 aliphatic rings. The highest BCUT2D eigenvalue weighted by atomic mass is 16.6. The van der Waals surface area contributed by atoms with Gasteiger partial charge in [-0.3, -0.25) is 4.90 Å². The second-order valence-electron chi connectivity index (χ2n) is 5.18. The second-order valence-corrected chi connectivity index (χ2v) is 5.18. The highest BCUT2D eigenvalue weighted by Crippen LogP contribution is 2.31. The van der Waals surface area contributed by atoms with Crippen LogP contribution in [-0.4, -0.2) is 47.4 Å². The summed E-state index contributed by atoms with van der Waals surface area (Å²) in [6.07, 6.45) is 1.54. The lowest BCUT2D eigenvalue weighted by Gasteiger charge is -2.34. The average molecular weight is 264 g/mol. The van der Waals surface area contributed by atoms with Gasteiger partial charge in [0.25, 0.3) is 5.88 Å². The molecule has 1 fully saturated rings. The molecule has 3 rings (SSSR count). The summed E-state index contributed by atoms with van der Waals surface area (Å²) in [5.74, 6) is 1.34. The van der Waals surface area contributed by atoms with Gasteiger partial charge < -0.3 is 14.6 Å². The molecule has 1 aromatic heterocycles. The fraction of sp³-hybridized carbons (Fsp3) is 0.643. The Labute approximate surface area is 113 Å². The normalized spacial score (nSPS) is 22.2. The maximum Gasteiger partial charge on any atom is 0.257 e. The first kappa shape index (κ1) is 12.7. The van der Waals surface area contributed by atoms with Gasteiger partial charge in [-0.25, -0.2) is 4.98 Å². The van der Waals surface area contributed by atoms with E-state index in [1.165, 1.54) is 0 Å². The third kappa shape index (κ3) is 2.67. The van der Waals surface area contributed by atoms with Crippen molar-refractivity contribution in [1.29, 1.82) is 0 Å². The van der Waals surface area contributed by atoms with Gasteiger partial charge in [0.2, 0.25) is 0 Å². The Morgan fingerprint density at radius 2 is 2.00 bits per heavy atom. The Balaban J connectivity index is 1.74. The van der Waals surface area contributed by atoms with Gasteiger partial charge >= 0.3 is 0 Å². The highest BCUT2D eigenvalue weighted by molar-refractivity contribution is 5.36. The second kappa shape index (κ2) is 5.35. The third-order valence-electron chi connectivity index (χ3n) is 3.90. The summed E-state index contributed by atoms with van der Waals surface area (Å²) in [4.78, 5) is 6.91. The molecule has 19 heavy (non-hydrogen) atoms. The van der Waals surface area contributed by atoms with Gasteiger partial charge in [0, 0.05) is 19.1 Å². The number of aromatic nitrogens is 1. The largest absolute Gasteiger partial charge is 0.484 e. The summed E-state index contributed by atoms with van der Waals surface area (Å²) in [6, 6.07) is 4.18. The molecule has 0 aliphatic carbocycles. The summed E-state index contributed by atoms with van der Waals surface area (Å²) in [6.45, 7) is 5.13. The molecule has 104 valence electrons. The van der Waals surface area contributed by atoms with E-state index in [-0.39, 0.29) is 12.1 Å². The van der Waals surface area contributed by atoms with Crippen molar-refractivity contribution in [1.82, 2.24) is 9.88 Å². The molecule has 2 aliphatic heterocycles. The Morgan fingerprint density at radius 3 is 2.79 bits per heavy atom. The number of nitrogens with zero attached hydrogens (tertiary/aromatic N) is 2. The van der Waals surface area contributed by atoms with Gasteiger partial charge in [-0.05, 0) is 31.9 Å². The zero-order valence-corrected chi connectivity index (χ0v) is 11.2. The van der Waals surface area contributed by atoms with Crippen molar-refractivity contribution in [2.45, 2.75) is 31.9 Å². The number of ether oxygens (including phenoxy) is 2. The summed E-state index contributed by atoms with van der Waals surface area (Å²) in [7, 11) is 0. The van der Waals surface area contributed by atoms with E-state index in [0.29, 0.717) is 19.1 Å². The number of rotatable bonds is 2. The lowest BCUT2D eigenvalue weighted by atomic mass is 10.0. The Morgan fingerprint density at radius 1 is 1.26 bits per heavy atom. The molecule has 1 atom stereocenters. The minimum Gasteiger partial charge on any atom is -0.484 e. The van der Waals surface area contributed by atoms with Crippen LogP contribution < -0.4 is 9.47 Å². The lowest BCUT2D eigenvalue weighted by Crippen LogP contribution is -2.37. The monoisotopic (exact) mass is 264 g/mol. The van der Waals surface area contributed by atoms with E-state index in [1.807, 2.05) is 12.1 Å². The SMILES string of the molecule is C[C@@H](c1ccc2c(n1)OCCO2)N1CCC(O)CC1. The van der Waals surface area contributed by atoms with Crippen molar-refractivity contribution >= 4 is 0 Å². The summed E-state index contributed by atoms with van der Waals surface area (Å²) >= 11 is 0. The van der Waals surface area contributed by atoms with Crippen molar-refractivity contribution < 1.29 is 14.6 Å². The van der Waals surface area contributed by atoms with Crippen molar-refractivity contribution in [2.24, 2.45) is 0 Å². The molecule has 1 saturated heterocycles. The van der Waals surface area contributed by atoms with Crippen LogP contribution in [0, 0.1) is 0 Å². The van der Waals surface area contributed by atoms with Gasteiger partial charge in [0.1, 0.15) is 13.2 Å². The summed E-state index contributed by atoms with van der Waals surface area (Å²) in [5.41, 5.74) is 1.00. The number of hydrogen-bond donors (Lipinski definition) is 1. The van der Waals surface area contributed by atoms with Crippen LogP contribution >= 0.6 is 0 Å². The molecule has 3 heterocycles. The van der Waals surface area contributed by atoms with Crippen molar-refractivity contribution in [3.63, 3.8) is 0 Å². The van der Waals surface area contributed by atoms with Crippen molar-refractivity contribution in [2.75, 3.05) is 26.3 Å². The number of piperidine rings is 1. The smallest absolute Gasteiger partial charge is 0.257 e. The first-order valence-corrected chi connectivity index (χ1v) is 6.92. The fourth-order valence-corrected chi connectivity index (χ4v) is 2.64. The Kier molecular flexibility index (Phi) is 3.57. The van der Waals surface area contributed by atoms with E-state index in [2.05, 4.69) is 16.8 Å². The van der Waals surface area contributed by atoms with Crippen LogP contribution in [-0.2, 0) is 0 Å². The van der Waals surface area contributed by atoms with Crippen molar-refractivity contribution in [3.8, 4) is 11.6 Å². The molecule has 1 N–H and O–H groups in total. The fourth-order valence-electron chi connectivity index (χ4n) is 2.64. The minimum atomic E-state index is -0.142. The van der Waals surface area contributed by atoms with Gasteiger partial charge in [0.05, 0.1) is 11.8 Å². The van der Waals surface area contributed by atoms with Gasteiger partial charge in [-0.1, -0.05) is 0 Å². The molecular weight excluding hydrogens is 244 g/mol. The number of likely N-dealkylation sites (tertiary alicyclic amines) is 1. The summed E-state index contributed by atoms with van der Waals surface area (Å²) < 4.78 is 11.0. The molecule has 0 aromatic carbocycles. The molecule has 0 saturated carbocycles. The Hall–Kier alpha value is -1.33. The zero-order chi connectivity index (χ0) is 13.2. The van der Waals surface area contributed by atoms with Crippen LogP contribution in [0.5, 0.6) is 11.6 Å². The minimum absolute atomic E-state index is 0.142. The predicted molar refractivity (Wildman–Crippen MR) is 70.5 cm³/mol. The van der Waals surface area contributed by atoms with Crippen LogP contribution in [0.2, 0.25) is 0 Å². The first-order chi connectivity index (χ1) is 9.24. The third-order valence-corrected chi connectivity index (χ3v) is 3.90. The Bertz CT molecular complexity index is 444. The molecule has 0 amide bonds. The number of hydrogen-bond acceptors (Lipinski definition) is 5. The molecule has 5 heteroatoms. The van der Waals surface area contributed by atoms with E-state index in [1.54, 1.807) is 0 Å². The standard InChI is InChI=1S/C14H20N2O3/c1-10(16-6-4-11(17)5-7-16)12-2-3-13-14(15-12)19-9-8-18-13/h2-3,10-11,17H,4-9H2,1H3/t10-/m0/s1. The average Bonchev–Trinajstić information content (AvgIpc) is 2.47. The summed E-state index contributed by atoms with van der Waals surface area (Å²) in [5, 5.41) is 9.56. The zero-order valence-electron chi connectivity index (χ0n) is 11.2. The maximum atomic E-state index is 9.56. The molecule has 0 bridgehead atoms. The number of aliphatic hydroxyl groups excluding tert-OH is 1. The number of fused-ring (bicyclic) bond motifs is 1. The van der Waals surface area contributed by atoms with Crippen LogP contribution in [0.3, 0.4) is 0 Å². The molecule has 1 aromatic rings. The van der Waals surface area contributed by atoms with Crippen LogP contribution in [0.4, 0.5) is 0 Å². The van der Waals surface area contributed by atoms with Gasteiger partial charge in [0.15, 0.2) is 5.75 Å². The highest BCUT2D eigenvalue weighted by Gasteiger charge is 2.24. The number of aliphatic hydroxyl groups is 1. The van der Waals surface area contributed by atoms with E-state index >= 15 is 0 Å². The van der Waals surface area contributed by atoms with Gasteiger partial charge in [-0.2, -0.15) is 0 Å². The maximum absolute atomic E-state index is 9.56.